The molecule has 1 amide bonds. The van der Waals surface area contributed by atoms with Gasteiger partial charge in [0.2, 0.25) is 0 Å². The predicted octanol–water partition coefficient (Wildman–Crippen LogP) is 2.57. The first-order chi connectivity index (χ1) is 9.97. The second-order valence-electron chi connectivity index (χ2n) is 4.33. The van der Waals surface area contributed by atoms with Gasteiger partial charge in [0.15, 0.2) is 0 Å². The zero-order chi connectivity index (χ0) is 15.6. The number of carbonyl (C=O) groups is 1. The molecule has 6 heteroatoms. The van der Waals surface area contributed by atoms with E-state index < -0.39 is 17.5 Å². The first-order valence-corrected chi connectivity index (χ1v) is 6.07. The number of nitriles is 1. The molecule has 0 atom stereocenters. The first-order valence-electron chi connectivity index (χ1n) is 6.07. The van der Waals surface area contributed by atoms with Crippen LogP contribution in [0.1, 0.15) is 21.7 Å². The van der Waals surface area contributed by atoms with Crippen LogP contribution in [0.15, 0.2) is 24.3 Å². The van der Waals surface area contributed by atoms with Crippen LogP contribution in [0.3, 0.4) is 0 Å². The molecule has 1 aromatic heterocycles. The summed E-state index contributed by atoms with van der Waals surface area (Å²) < 4.78 is 26.9. The van der Waals surface area contributed by atoms with E-state index in [9.17, 15) is 18.8 Å². The van der Waals surface area contributed by atoms with E-state index >= 15 is 0 Å². The normalized spacial score (nSPS) is 10.0. The number of hydrogen-bond donors (Lipinski definition) is 1. The van der Waals surface area contributed by atoms with Crippen molar-refractivity contribution < 1.29 is 13.6 Å². The minimum Gasteiger partial charge on any atom is -0.354 e. The SMILES string of the molecule is CNC(=O)c1cc(-c2ccc(F)cc2F)c(C#N)c(C)n1. The van der Waals surface area contributed by atoms with Gasteiger partial charge < -0.3 is 5.32 Å². The van der Waals surface area contributed by atoms with Crippen molar-refractivity contribution in [3.63, 3.8) is 0 Å². The lowest BCUT2D eigenvalue weighted by molar-refractivity contribution is 0.0958. The van der Waals surface area contributed by atoms with Gasteiger partial charge in [-0.1, -0.05) is 0 Å². The van der Waals surface area contributed by atoms with Crippen molar-refractivity contribution >= 4 is 5.91 Å². The number of amides is 1. The number of nitrogens with zero attached hydrogens (tertiary/aromatic N) is 2. The third-order valence-corrected chi connectivity index (χ3v) is 2.99. The molecular formula is C15H11F2N3O. The van der Waals surface area contributed by atoms with Crippen LogP contribution in [0, 0.1) is 29.9 Å². The van der Waals surface area contributed by atoms with E-state index in [0.717, 1.165) is 12.1 Å². The molecule has 1 aromatic carbocycles. The lowest BCUT2D eigenvalue weighted by atomic mass is 9.98. The highest BCUT2D eigenvalue weighted by molar-refractivity contribution is 5.94. The van der Waals surface area contributed by atoms with Crippen molar-refractivity contribution in [2.75, 3.05) is 7.05 Å². The van der Waals surface area contributed by atoms with Gasteiger partial charge in [-0.05, 0) is 25.1 Å². The molecule has 4 nitrogen and oxygen atoms in total. The number of hydrogen-bond acceptors (Lipinski definition) is 3. The number of benzene rings is 1. The lowest BCUT2D eigenvalue weighted by Gasteiger charge is -2.10. The number of aromatic nitrogens is 1. The predicted molar refractivity (Wildman–Crippen MR) is 72.4 cm³/mol. The third-order valence-electron chi connectivity index (χ3n) is 2.99. The van der Waals surface area contributed by atoms with Gasteiger partial charge in [0, 0.05) is 24.2 Å². The second kappa shape index (κ2) is 5.67. The van der Waals surface area contributed by atoms with Gasteiger partial charge in [0.1, 0.15) is 23.4 Å². The average molecular weight is 287 g/mol. The Morgan fingerprint density at radius 2 is 2.00 bits per heavy atom. The fourth-order valence-corrected chi connectivity index (χ4v) is 1.98. The summed E-state index contributed by atoms with van der Waals surface area (Å²) in [5.74, 6) is -1.97. The van der Waals surface area contributed by atoms with Crippen LogP contribution >= 0.6 is 0 Å². The fourth-order valence-electron chi connectivity index (χ4n) is 1.98. The smallest absolute Gasteiger partial charge is 0.269 e. The molecule has 0 saturated heterocycles. The van der Waals surface area contributed by atoms with Crippen LogP contribution in [0.5, 0.6) is 0 Å². The molecule has 0 aliphatic heterocycles. The largest absolute Gasteiger partial charge is 0.354 e. The highest BCUT2D eigenvalue weighted by Gasteiger charge is 2.17. The Morgan fingerprint density at radius 1 is 1.29 bits per heavy atom. The maximum atomic E-state index is 13.9. The van der Waals surface area contributed by atoms with E-state index in [0.29, 0.717) is 5.69 Å². The molecule has 0 aliphatic rings. The summed E-state index contributed by atoms with van der Waals surface area (Å²) in [7, 11) is 1.44. The van der Waals surface area contributed by atoms with Gasteiger partial charge >= 0.3 is 0 Å². The molecule has 1 N–H and O–H groups in total. The molecule has 0 unspecified atom stereocenters. The summed E-state index contributed by atoms with van der Waals surface area (Å²) in [5.41, 5.74) is 0.767. The standard InChI is InChI=1S/C15H11F2N3O/c1-8-12(7-18)11(6-14(20-8)15(21)19-2)10-4-3-9(16)5-13(10)17/h3-6H,1-2H3,(H,19,21). The molecule has 0 spiro atoms. The highest BCUT2D eigenvalue weighted by Crippen LogP contribution is 2.28. The molecule has 21 heavy (non-hydrogen) atoms. The van der Waals surface area contributed by atoms with Crippen molar-refractivity contribution in [3.8, 4) is 17.2 Å². The van der Waals surface area contributed by atoms with E-state index in [4.69, 9.17) is 0 Å². The summed E-state index contributed by atoms with van der Waals surface area (Å²) in [5, 5.41) is 11.6. The van der Waals surface area contributed by atoms with Crippen LogP contribution in [-0.2, 0) is 0 Å². The summed E-state index contributed by atoms with van der Waals surface area (Å²) in [6.07, 6.45) is 0. The fraction of sp³-hybridized carbons (Fsp3) is 0.133. The Bertz CT molecular complexity index is 766. The van der Waals surface area contributed by atoms with Gasteiger partial charge in [-0.3, -0.25) is 4.79 Å². The van der Waals surface area contributed by atoms with Crippen molar-refractivity contribution in [1.29, 1.82) is 5.26 Å². The number of pyridine rings is 1. The maximum Gasteiger partial charge on any atom is 0.269 e. The Hall–Kier alpha value is -2.81. The molecular weight excluding hydrogens is 276 g/mol. The molecule has 0 fully saturated rings. The van der Waals surface area contributed by atoms with E-state index in [2.05, 4.69) is 10.3 Å². The Balaban J connectivity index is 2.74. The Labute approximate surface area is 120 Å². The van der Waals surface area contributed by atoms with Gasteiger partial charge in [0.05, 0.1) is 11.3 Å². The highest BCUT2D eigenvalue weighted by atomic mass is 19.1. The van der Waals surface area contributed by atoms with Crippen LogP contribution in [0.4, 0.5) is 8.78 Å². The summed E-state index contributed by atoms with van der Waals surface area (Å²) in [6, 6.07) is 6.30. The maximum absolute atomic E-state index is 13.9. The molecule has 0 aliphatic carbocycles. The minimum absolute atomic E-state index is 0.0450. The van der Waals surface area contributed by atoms with Crippen molar-refractivity contribution in [3.05, 3.63) is 52.9 Å². The monoisotopic (exact) mass is 287 g/mol. The van der Waals surface area contributed by atoms with E-state index in [1.807, 2.05) is 6.07 Å². The zero-order valence-electron chi connectivity index (χ0n) is 11.4. The third kappa shape index (κ3) is 2.72. The summed E-state index contributed by atoms with van der Waals surface area (Å²) in [6.45, 7) is 1.55. The lowest BCUT2D eigenvalue weighted by Crippen LogP contribution is -2.20. The van der Waals surface area contributed by atoms with E-state index in [1.165, 1.54) is 19.2 Å². The number of carbonyl (C=O) groups excluding carboxylic acids is 1. The minimum atomic E-state index is -0.806. The topological polar surface area (TPSA) is 65.8 Å². The van der Waals surface area contributed by atoms with Gasteiger partial charge in [-0.2, -0.15) is 5.26 Å². The van der Waals surface area contributed by atoms with Crippen LogP contribution in [0.2, 0.25) is 0 Å². The van der Waals surface area contributed by atoms with Gasteiger partial charge in [0.25, 0.3) is 5.91 Å². The van der Waals surface area contributed by atoms with Gasteiger partial charge in [-0.15, -0.1) is 0 Å². The molecule has 1 heterocycles. The van der Waals surface area contributed by atoms with Gasteiger partial charge in [-0.25, -0.2) is 13.8 Å². The zero-order valence-corrected chi connectivity index (χ0v) is 11.4. The second-order valence-corrected chi connectivity index (χ2v) is 4.33. The Kier molecular flexibility index (Phi) is 3.94. The van der Waals surface area contributed by atoms with Crippen molar-refractivity contribution in [2.24, 2.45) is 0 Å². The molecule has 2 aromatic rings. The summed E-state index contributed by atoms with van der Waals surface area (Å²) in [4.78, 5) is 15.7. The number of nitrogens with one attached hydrogen (secondary N) is 1. The number of aryl methyl sites for hydroxylation is 1. The van der Waals surface area contributed by atoms with Crippen molar-refractivity contribution in [1.82, 2.24) is 10.3 Å². The van der Waals surface area contributed by atoms with E-state index in [1.54, 1.807) is 6.92 Å². The van der Waals surface area contributed by atoms with Crippen LogP contribution < -0.4 is 5.32 Å². The average Bonchev–Trinajstić information content (AvgIpc) is 2.45. The number of halogens is 2. The van der Waals surface area contributed by atoms with Crippen LogP contribution in [0.25, 0.3) is 11.1 Å². The molecule has 0 bridgehead atoms. The first kappa shape index (κ1) is 14.6. The molecule has 2 rings (SSSR count). The van der Waals surface area contributed by atoms with Crippen molar-refractivity contribution in [2.45, 2.75) is 6.92 Å². The molecule has 106 valence electrons. The molecule has 0 radical (unpaired) electrons. The molecule has 0 saturated carbocycles. The quantitative estimate of drug-likeness (QED) is 0.923. The Morgan fingerprint density at radius 3 is 2.57 bits per heavy atom. The van der Waals surface area contributed by atoms with E-state index in [-0.39, 0.29) is 22.4 Å². The number of rotatable bonds is 2. The van der Waals surface area contributed by atoms with Crippen LogP contribution in [-0.4, -0.2) is 17.9 Å². The summed E-state index contributed by atoms with van der Waals surface area (Å²) >= 11 is 0.